The van der Waals surface area contributed by atoms with Gasteiger partial charge in [-0.15, -0.1) is 5.10 Å². The molecule has 0 amide bonds. The Hall–Kier alpha value is -2.16. The summed E-state index contributed by atoms with van der Waals surface area (Å²) in [4.78, 5) is 0. The molecule has 0 fully saturated rings. The Bertz CT molecular complexity index is 426. The van der Waals surface area contributed by atoms with E-state index in [0.717, 1.165) is 6.42 Å². The number of nitrogens with two attached hydrogens (primary N) is 1. The Kier molecular flexibility index (Phi) is 2.96. The highest BCUT2D eigenvalue weighted by atomic mass is 16.5. The second-order valence-corrected chi connectivity index (χ2v) is 3.16. The lowest BCUT2D eigenvalue weighted by Gasteiger charge is -2.14. The van der Waals surface area contributed by atoms with Crippen LogP contribution in [0.5, 0.6) is 5.95 Å². The lowest BCUT2D eigenvalue weighted by molar-refractivity contribution is 0.278. The van der Waals surface area contributed by atoms with Crippen molar-refractivity contribution in [1.82, 2.24) is 25.8 Å². The maximum atomic E-state index is 9.21. The number of anilines is 1. The highest BCUT2D eigenvalue weighted by molar-refractivity contribution is 5.49. The van der Waals surface area contributed by atoms with Gasteiger partial charge in [-0.25, -0.2) is 10.9 Å². The molecule has 0 aliphatic carbocycles. The molecular formula is C7H11N7O2. The number of aryl methyl sites for hydroxylation is 1. The van der Waals surface area contributed by atoms with Crippen molar-refractivity contribution in [3.8, 4) is 5.95 Å². The predicted molar refractivity (Wildman–Crippen MR) is 52.2 cm³/mol. The van der Waals surface area contributed by atoms with Crippen molar-refractivity contribution in [3.63, 3.8) is 0 Å². The number of hydrogen-bond acceptors (Lipinski definition) is 8. The zero-order valence-corrected chi connectivity index (χ0v) is 8.37. The molecule has 0 aromatic carbocycles. The van der Waals surface area contributed by atoms with Crippen molar-refractivity contribution in [3.05, 3.63) is 12.0 Å². The summed E-state index contributed by atoms with van der Waals surface area (Å²) in [5.41, 5.74) is 0.357. The minimum atomic E-state index is -0.288. The second kappa shape index (κ2) is 4.57. The molecule has 0 saturated carbocycles. The SMILES string of the molecule is NN(CCCc1nnn[nH]1)c1cnoc1O. The summed E-state index contributed by atoms with van der Waals surface area (Å²) >= 11 is 0. The van der Waals surface area contributed by atoms with Crippen LogP contribution < -0.4 is 10.9 Å². The maximum absolute atomic E-state index is 9.21. The van der Waals surface area contributed by atoms with Crippen LogP contribution in [0.15, 0.2) is 10.7 Å². The largest absolute Gasteiger partial charge is 0.478 e. The van der Waals surface area contributed by atoms with Crippen molar-refractivity contribution in [2.24, 2.45) is 5.84 Å². The molecule has 0 aliphatic rings. The summed E-state index contributed by atoms with van der Waals surface area (Å²) in [6.07, 6.45) is 2.76. The third-order valence-electron chi connectivity index (χ3n) is 2.04. The van der Waals surface area contributed by atoms with Gasteiger partial charge >= 0.3 is 5.95 Å². The number of hydrazine groups is 1. The van der Waals surface area contributed by atoms with Crippen molar-refractivity contribution < 1.29 is 9.63 Å². The first-order valence-electron chi connectivity index (χ1n) is 4.66. The first-order valence-corrected chi connectivity index (χ1v) is 4.66. The molecule has 2 aromatic heterocycles. The van der Waals surface area contributed by atoms with Crippen molar-refractivity contribution in [2.45, 2.75) is 12.8 Å². The smallest absolute Gasteiger partial charge is 0.333 e. The Morgan fingerprint density at radius 3 is 3.06 bits per heavy atom. The summed E-state index contributed by atoms with van der Waals surface area (Å²) in [5, 5.41) is 27.3. The zero-order valence-electron chi connectivity index (χ0n) is 8.37. The molecule has 0 bridgehead atoms. The van der Waals surface area contributed by atoms with E-state index in [-0.39, 0.29) is 5.95 Å². The lowest BCUT2D eigenvalue weighted by atomic mass is 10.3. The van der Waals surface area contributed by atoms with Crippen LogP contribution in [0.25, 0.3) is 0 Å². The number of tetrazole rings is 1. The standard InChI is InChI=1S/C7H11N7O2/c8-14(5-4-9-16-7(5)15)3-1-2-6-10-12-13-11-6/h4,15H,1-3,8H2,(H,10,11,12,13). The molecule has 4 N–H and O–H groups in total. The average molecular weight is 225 g/mol. The topological polar surface area (TPSA) is 130 Å². The van der Waals surface area contributed by atoms with Gasteiger partial charge in [0.15, 0.2) is 5.69 Å². The first kappa shape index (κ1) is 10.4. The van der Waals surface area contributed by atoms with Gasteiger partial charge in [-0.3, -0.25) is 0 Å². The van der Waals surface area contributed by atoms with Gasteiger partial charge in [0.25, 0.3) is 0 Å². The summed E-state index contributed by atoms with van der Waals surface area (Å²) in [7, 11) is 0. The normalized spacial score (nSPS) is 10.6. The molecule has 16 heavy (non-hydrogen) atoms. The van der Waals surface area contributed by atoms with E-state index in [1.165, 1.54) is 11.2 Å². The highest BCUT2D eigenvalue weighted by Crippen LogP contribution is 2.23. The monoisotopic (exact) mass is 225 g/mol. The fourth-order valence-electron chi connectivity index (χ4n) is 1.25. The minimum Gasteiger partial charge on any atom is -0.478 e. The molecule has 0 unspecified atom stereocenters. The zero-order chi connectivity index (χ0) is 11.4. The van der Waals surface area contributed by atoms with Crippen LogP contribution >= 0.6 is 0 Å². The van der Waals surface area contributed by atoms with Crippen LogP contribution in [0.3, 0.4) is 0 Å². The molecule has 0 saturated heterocycles. The molecule has 9 heteroatoms. The van der Waals surface area contributed by atoms with E-state index in [4.69, 9.17) is 5.84 Å². The van der Waals surface area contributed by atoms with Crippen molar-refractivity contribution >= 4 is 5.69 Å². The molecule has 2 rings (SSSR count). The van der Waals surface area contributed by atoms with E-state index in [0.29, 0.717) is 24.5 Å². The van der Waals surface area contributed by atoms with Gasteiger partial charge in [0.2, 0.25) is 0 Å². The van der Waals surface area contributed by atoms with E-state index in [2.05, 4.69) is 30.3 Å². The molecular weight excluding hydrogens is 214 g/mol. The van der Waals surface area contributed by atoms with E-state index < -0.39 is 0 Å². The molecule has 86 valence electrons. The first-order chi connectivity index (χ1) is 7.77. The number of nitrogens with one attached hydrogen (secondary N) is 1. The minimum absolute atomic E-state index is 0.288. The van der Waals surface area contributed by atoms with Gasteiger partial charge in [0.1, 0.15) is 5.82 Å². The van der Waals surface area contributed by atoms with Crippen molar-refractivity contribution in [1.29, 1.82) is 0 Å². The van der Waals surface area contributed by atoms with E-state index in [1.54, 1.807) is 0 Å². The number of aromatic nitrogens is 5. The predicted octanol–water partition coefficient (Wildman–Crippen LogP) is -0.794. The molecule has 2 aromatic rings. The van der Waals surface area contributed by atoms with Gasteiger partial charge in [-0.05, 0) is 16.8 Å². The number of nitrogens with zero attached hydrogens (tertiary/aromatic N) is 5. The molecule has 2 heterocycles. The fraction of sp³-hybridized carbons (Fsp3) is 0.429. The number of aromatic hydroxyl groups is 1. The van der Waals surface area contributed by atoms with Crippen LogP contribution in [-0.2, 0) is 6.42 Å². The van der Waals surface area contributed by atoms with E-state index in [9.17, 15) is 5.11 Å². The van der Waals surface area contributed by atoms with Crippen LogP contribution in [-0.4, -0.2) is 37.4 Å². The van der Waals surface area contributed by atoms with E-state index in [1.807, 2.05) is 0 Å². The number of rotatable bonds is 5. The summed E-state index contributed by atoms with van der Waals surface area (Å²) in [6, 6.07) is 0. The maximum Gasteiger partial charge on any atom is 0.333 e. The van der Waals surface area contributed by atoms with Crippen LogP contribution in [0.1, 0.15) is 12.2 Å². The Morgan fingerprint density at radius 1 is 1.56 bits per heavy atom. The summed E-state index contributed by atoms with van der Waals surface area (Å²) in [6.45, 7) is 0.523. The Labute approximate surface area is 90.2 Å². The molecule has 0 atom stereocenters. The summed E-state index contributed by atoms with van der Waals surface area (Å²) in [5.74, 6) is 6.10. The third-order valence-corrected chi connectivity index (χ3v) is 2.04. The molecule has 9 nitrogen and oxygen atoms in total. The summed E-state index contributed by atoms with van der Waals surface area (Å²) < 4.78 is 4.48. The van der Waals surface area contributed by atoms with Gasteiger partial charge in [-0.2, -0.15) is 0 Å². The lowest BCUT2D eigenvalue weighted by Crippen LogP contribution is -2.31. The molecule has 0 aliphatic heterocycles. The van der Waals surface area contributed by atoms with Gasteiger partial charge in [0.05, 0.1) is 6.20 Å². The van der Waals surface area contributed by atoms with Gasteiger partial charge in [0, 0.05) is 13.0 Å². The fourth-order valence-corrected chi connectivity index (χ4v) is 1.25. The number of hydrogen-bond donors (Lipinski definition) is 3. The molecule has 0 radical (unpaired) electrons. The Balaban J connectivity index is 1.80. The molecule has 0 spiro atoms. The third kappa shape index (κ3) is 2.25. The number of H-pyrrole nitrogens is 1. The van der Waals surface area contributed by atoms with Crippen LogP contribution in [0.4, 0.5) is 5.69 Å². The highest BCUT2D eigenvalue weighted by Gasteiger charge is 2.11. The van der Waals surface area contributed by atoms with E-state index >= 15 is 0 Å². The van der Waals surface area contributed by atoms with Crippen molar-refractivity contribution in [2.75, 3.05) is 11.6 Å². The quantitative estimate of drug-likeness (QED) is 0.445. The second-order valence-electron chi connectivity index (χ2n) is 3.16. The number of aromatic amines is 1. The van der Waals surface area contributed by atoms with Gasteiger partial charge < -0.3 is 14.6 Å². The Morgan fingerprint density at radius 2 is 2.44 bits per heavy atom. The van der Waals surface area contributed by atoms with Gasteiger partial charge in [-0.1, -0.05) is 5.16 Å². The van der Waals surface area contributed by atoms with Crippen LogP contribution in [0, 0.1) is 0 Å². The average Bonchev–Trinajstić information content (AvgIpc) is 2.88. The van der Waals surface area contributed by atoms with Crippen LogP contribution in [0.2, 0.25) is 0 Å².